The number of hydrogen-bond donors (Lipinski definition) is 0. The smallest absolute Gasteiger partial charge is 0.139 e. The van der Waals surface area contributed by atoms with Crippen LogP contribution in [0.15, 0.2) is 36.8 Å². The van der Waals surface area contributed by atoms with Gasteiger partial charge < -0.3 is 0 Å². The van der Waals surface area contributed by atoms with Crippen molar-refractivity contribution in [2.24, 2.45) is 0 Å². The summed E-state index contributed by atoms with van der Waals surface area (Å²) in [6.07, 6.45) is 9.40. The number of pyridine rings is 1. The molecule has 0 atom stereocenters. The lowest BCUT2D eigenvalue weighted by Gasteiger charge is -2.12. The van der Waals surface area contributed by atoms with E-state index in [2.05, 4.69) is 23.9 Å². The number of hydrogen-bond acceptors (Lipinski definition) is 3. The molecule has 4 nitrogen and oxygen atoms in total. The largest absolute Gasteiger partial charge is 0.299 e. The maximum absolute atomic E-state index is 12.0. The molecule has 0 radical (unpaired) electrons. The lowest BCUT2D eigenvalue weighted by atomic mass is 10.1. The second-order valence-electron chi connectivity index (χ2n) is 5.33. The van der Waals surface area contributed by atoms with Crippen LogP contribution in [0.25, 0.3) is 0 Å². The van der Waals surface area contributed by atoms with Crippen LogP contribution in [0.3, 0.4) is 0 Å². The molecule has 21 heavy (non-hydrogen) atoms. The van der Waals surface area contributed by atoms with Gasteiger partial charge >= 0.3 is 0 Å². The van der Waals surface area contributed by atoms with Crippen LogP contribution in [0.1, 0.15) is 50.4 Å². The summed E-state index contributed by atoms with van der Waals surface area (Å²) in [7, 11) is 0. The Morgan fingerprint density at radius 1 is 1.19 bits per heavy atom. The first-order chi connectivity index (χ1) is 10.2. The fourth-order valence-electron chi connectivity index (χ4n) is 2.46. The van der Waals surface area contributed by atoms with Gasteiger partial charge in [-0.3, -0.25) is 14.5 Å². The van der Waals surface area contributed by atoms with Crippen LogP contribution in [0.2, 0.25) is 0 Å². The zero-order valence-corrected chi connectivity index (χ0v) is 12.8. The van der Waals surface area contributed by atoms with Gasteiger partial charge in [-0.05, 0) is 43.0 Å². The number of carbonyl (C=O) groups excluding carboxylic acids is 1. The third-order valence-corrected chi connectivity index (χ3v) is 3.80. The highest BCUT2D eigenvalue weighted by Gasteiger charge is 2.10. The van der Waals surface area contributed by atoms with Gasteiger partial charge in [-0.25, -0.2) is 0 Å². The Balaban J connectivity index is 1.85. The monoisotopic (exact) mass is 285 g/mol. The third-order valence-electron chi connectivity index (χ3n) is 3.80. The molecule has 0 spiro atoms. The number of aromatic nitrogens is 3. The van der Waals surface area contributed by atoms with Gasteiger partial charge in [-0.15, -0.1) is 0 Å². The van der Waals surface area contributed by atoms with Crippen molar-refractivity contribution in [2.45, 2.75) is 52.0 Å². The summed E-state index contributed by atoms with van der Waals surface area (Å²) in [5.41, 5.74) is 2.03. The first-order valence-electron chi connectivity index (χ1n) is 7.67. The molecular weight excluding hydrogens is 262 g/mol. The second-order valence-corrected chi connectivity index (χ2v) is 5.33. The molecule has 2 aromatic rings. The highest BCUT2D eigenvalue weighted by Crippen LogP contribution is 2.15. The fraction of sp³-hybridized carbons (Fsp3) is 0.471. The lowest BCUT2D eigenvalue weighted by Crippen LogP contribution is -2.09. The molecule has 0 saturated heterocycles. The molecule has 0 fully saturated rings. The summed E-state index contributed by atoms with van der Waals surface area (Å²) in [5, 5.41) is 4.53. The molecule has 4 heteroatoms. The topological polar surface area (TPSA) is 47.8 Å². The maximum Gasteiger partial charge on any atom is 0.139 e. The molecule has 0 aliphatic heterocycles. The molecule has 112 valence electrons. The van der Waals surface area contributed by atoms with Crippen LogP contribution in [0.4, 0.5) is 0 Å². The van der Waals surface area contributed by atoms with Crippen LogP contribution in [-0.2, 0) is 17.6 Å². The van der Waals surface area contributed by atoms with Gasteiger partial charge in [0.2, 0.25) is 0 Å². The third kappa shape index (κ3) is 4.52. The zero-order valence-electron chi connectivity index (χ0n) is 12.8. The van der Waals surface area contributed by atoms with E-state index >= 15 is 0 Å². The minimum atomic E-state index is 0.238. The first-order valence-corrected chi connectivity index (χ1v) is 7.67. The van der Waals surface area contributed by atoms with Crippen molar-refractivity contribution in [2.75, 3.05) is 0 Å². The summed E-state index contributed by atoms with van der Waals surface area (Å²) >= 11 is 0. The van der Waals surface area contributed by atoms with Crippen molar-refractivity contribution in [3.8, 4) is 0 Å². The van der Waals surface area contributed by atoms with Gasteiger partial charge in [0.1, 0.15) is 5.78 Å². The van der Waals surface area contributed by atoms with Crippen molar-refractivity contribution in [3.05, 3.63) is 48.0 Å². The van der Waals surface area contributed by atoms with E-state index in [0.29, 0.717) is 18.9 Å². The van der Waals surface area contributed by atoms with E-state index in [-0.39, 0.29) is 5.78 Å². The predicted octanol–water partition coefficient (Wildman–Crippen LogP) is 3.38. The summed E-state index contributed by atoms with van der Waals surface area (Å²) in [6.45, 7) is 4.32. The minimum absolute atomic E-state index is 0.238. The fourth-order valence-corrected chi connectivity index (χ4v) is 2.46. The van der Waals surface area contributed by atoms with Gasteiger partial charge in [0, 0.05) is 25.0 Å². The highest BCUT2D eigenvalue weighted by molar-refractivity contribution is 5.80. The van der Waals surface area contributed by atoms with Crippen molar-refractivity contribution in [3.63, 3.8) is 0 Å². The number of carbonyl (C=O) groups is 1. The van der Waals surface area contributed by atoms with E-state index in [1.807, 2.05) is 29.1 Å². The molecule has 2 heterocycles. The Labute approximate surface area is 126 Å². The van der Waals surface area contributed by atoms with E-state index in [4.69, 9.17) is 0 Å². The van der Waals surface area contributed by atoms with Gasteiger partial charge in [0.05, 0.1) is 18.2 Å². The zero-order chi connectivity index (χ0) is 15.1. The van der Waals surface area contributed by atoms with Gasteiger partial charge in [0.25, 0.3) is 0 Å². The van der Waals surface area contributed by atoms with Crippen molar-refractivity contribution in [1.82, 2.24) is 14.8 Å². The molecule has 0 unspecified atom stereocenters. The summed E-state index contributed by atoms with van der Waals surface area (Å²) in [4.78, 5) is 16.0. The van der Waals surface area contributed by atoms with Crippen molar-refractivity contribution < 1.29 is 4.79 Å². The molecule has 0 amide bonds. The number of aryl methyl sites for hydroxylation is 1. The quantitative estimate of drug-likeness (QED) is 0.747. The van der Waals surface area contributed by atoms with E-state index in [0.717, 1.165) is 30.5 Å². The van der Waals surface area contributed by atoms with Crippen LogP contribution in [0.5, 0.6) is 0 Å². The van der Waals surface area contributed by atoms with E-state index in [1.165, 1.54) is 0 Å². The van der Waals surface area contributed by atoms with Crippen molar-refractivity contribution >= 4 is 5.78 Å². The van der Waals surface area contributed by atoms with Gasteiger partial charge in [-0.1, -0.05) is 13.8 Å². The number of Topliss-reactive ketones (excluding diaryl/α,β-unsaturated/α-hetero) is 1. The molecule has 0 aliphatic carbocycles. The van der Waals surface area contributed by atoms with Gasteiger partial charge in [0.15, 0.2) is 0 Å². The van der Waals surface area contributed by atoms with E-state index < -0.39 is 0 Å². The molecule has 0 aliphatic rings. The maximum atomic E-state index is 12.0. The number of ketones is 1. The second kappa shape index (κ2) is 7.72. The Morgan fingerprint density at radius 2 is 1.90 bits per heavy atom. The molecule has 2 rings (SSSR count). The average Bonchev–Trinajstić information content (AvgIpc) is 2.96. The summed E-state index contributed by atoms with van der Waals surface area (Å²) in [6, 6.07) is 6.30. The number of rotatable bonds is 8. The molecular formula is C17H23N3O. The lowest BCUT2D eigenvalue weighted by molar-refractivity contribution is -0.118. The Morgan fingerprint density at radius 3 is 2.57 bits per heavy atom. The molecule has 0 aromatic carbocycles. The van der Waals surface area contributed by atoms with Crippen LogP contribution in [0, 0.1) is 0 Å². The van der Waals surface area contributed by atoms with Crippen LogP contribution in [-0.4, -0.2) is 20.5 Å². The average molecular weight is 285 g/mol. The van der Waals surface area contributed by atoms with Crippen LogP contribution >= 0.6 is 0 Å². The Hall–Kier alpha value is -1.97. The SMILES string of the molecule is CCC(CC)n1ccc(CC(=O)CCc2ccncc2)n1. The summed E-state index contributed by atoms with van der Waals surface area (Å²) in [5.74, 6) is 0.238. The van der Waals surface area contributed by atoms with E-state index in [9.17, 15) is 4.79 Å². The molecule has 0 N–H and O–H groups in total. The van der Waals surface area contributed by atoms with E-state index in [1.54, 1.807) is 12.4 Å². The molecule has 0 bridgehead atoms. The Kier molecular flexibility index (Phi) is 5.67. The normalized spacial score (nSPS) is 11.0. The van der Waals surface area contributed by atoms with Crippen LogP contribution < -0.4 is 0 Å². The molecule has 0 saturated carbocycles. The first kappa shape index (κ1) is 15.4. The minimum Gasteiger partial charge on any atom is -0.299 e. The highest BCUT2D eigenvalue weighted by atomic mass is 16.1. The van der Waals surface area contributed by atoms with Crippen molar-refractivity contribution in [1.29, 1.82) is 0 Å². The Bertz CT molecular complexity index is 558. The predicted molar refractivity (Wildman–Crippen MR) is 83.1 cm³/mol. The van der Waals surface area contributed by atoms with Gasteiger partial charge in [-0.2, -0.15) is 5.10 Å². The molecule has 2 aromatic heterocycles. The standard InChI is InChI=1S/C17H23N3O/c1-3-16(4-2)20-12-9-15(19-20)13-17(21)6-5-14-7-10-18-11-8-14/h7-12,16H,3-6,13H2,1-2H3. The summed E-state index contributed by atoms with van der Waals surface area (Å²) < 4.78 is 1.99. The number of nitrogens with zero attached hydrogens (tertiary/aromatic N) is 3.